The van der Waals surface area contributed by atoms with Crippen LogP contribution in [0.4, 0.5) is 5.69 Å². The van der Waals surface area contributed by atoms with Crippen LogP contribution in [0.3, 0.4) is 0 Å². The highest BCUT2D eigenvalue weighted by molar-refractivity contribution is 7.08. The molecule has 0 radical (unpaired) electrons. The first kappa shape index (κ1) is 18.5. The Balaban J connectivity index is 1.50. The molecule has 2 aromatic heterocycles. The van der Waals surface area contributed by atoms with E-state index in [0.717, 1.165) is 33.7 Å². The van der Waals surface area contributed by atoms with Gasteiger partial charge in [-0.15, -0.1) is 21.5 Å². The van der Waals surface area contributed by atoms with Crippen molar-refractivity contribution in [3.63, 3.8) is 0 Å². The average molecular weight is 412 g/mol. The number of hydrogen-bond acceptors (Lipinski definition) is 6. The lowest BCUT2D eigenvalue weighted by Gasteiger charge is -2.10. The number of halogens is 1. The van der Waals surface area contributed by atoms with Crippen molar-refractivity contribution in [3.8, 4) is 17.2 Å². The molecule has 2 heterocycles. The number of aromatic nitrogens is 2. The van der Waals surface area contributed by atoms with E-state index in [0.29, 0.717) is 29.8 Å². The van der Waals surface area contributed by atoms with Crippen LogP contribution in [0.5, 0.6) is 5.75 Å². The Bertz CT molecular complexity index is 1090. The van der Waals surface area contributed by atoms with E-state index in [-0.39, 0.29) is 0 Å². The van der Waals surface area contributed by atoms with Crippen LogP contribution in [0.15, 0.2) is 57.6 Å². The topological polar surface area (TPSA) is 74.2 Å². The molecule has 0 unspecified atom stereocenters. The van der Waals surface area contributed by atoms with Gasteiger partial charge in [0.05, 0.1) is 6.42 Å². The monoisotopic (exact) mass is 411 g/mol. The second-order valence-electron chi connectivity index (χ2n) is 6.43. The van der Waals surface area contributed by atoms with Crippen molar-refractivity contribution in [2.24, 2.45) is 0 Å². The number of aryl methyl sites for hydroxylation is 1. The molecule has 4 aromatic rings. The summed E-state index contributed by atoms with van der Waals surface area (Å²) in [6, 6.07) is 13.4. The smallest absolute Gasteiger partial charge is 0.247 e. The zero-order valence-corrected chi connectivity index (χ0v) is 16.8. The molecule has 2 N–H and O–H groups in total. The van der Waals surface area contributed by atoms with E-state index in [1.807, 2.05) is 60.1 Å². The minimum absolute atomic E-state index is 0.422. The van der Waals surface area contributed by atoms with Crippen molar-refractivity contribution < 1.29 is 9.15 Å². The van der Waals surface area contributed by atoms with Crippen LogP contribution < -0.4 is 10.5 Å². The summed E-state index contributed by atoms with van der Waals surface area (Å²) in [4.78, 5) is 0. The molecule has 2 aromatic carbocycles. The molecular weight excluding hydrogens is 394 g/mol. The quantitative estimate of drug-likeness (QED) is 0.452. The maximum absolute atomic E-state index is 5.96. The van der Waals surface area contributed by atoms with Crippen molar-refractivity contribution in [3.05, 3.63) is 80.8 Å². The molecule has 0 aliphatic rings. The number of hydrogen-bond donors (Lipinski definition) is 1. The van der Waals surface area contributed by atoms with Crippen molar-refractivity contribution in [1.82, 2.24) is 10.2 Å². The number of nitrogens with two attached hydrogens (primary N) is 1. The molecule has 0 atom stereocenters. The van der Waals surface area contributed by atoms with Crippen LogP contribution in [0.1, 0.15) is 22.6 Å². The fraction of sp³-hybridized carbons (Fsp3) is 0.143. The summed E-state index contributed by atoms with van der Waals surface area (Å²) in [5.74, 6) is 1.77. The van der Waals surface area contributed by atoms with E-state index in [1.165, 1.54) is 0 Å². The van der Waals surface area contributed by atoms with Crippen molar-refractivity contribution in [1.29, 1.82) is 0 Å². The number of benzene rings is 2. The van der Waals surface area contributed by atoms with Crippen molar-refractivity contribution in [2.75, 3.05) is 5.73 Å². The summed E-state index contributed by atoms with van der Waals surface area (Å²) < 4.78 is 11.8. The van der Waals surface area contributed by atoms with Gasteiger partial charge in [0, 0.05) is 27.2 Å². The number of rotatable bonds is 6. The van der Waals surface area contributed by atoms with Crippen LogP contribution in [0.2, 0.25) is 5.02 Å². The number of anilines is 1. The summed E-state index contributed by atoms with van der Waals surface area (Å²) in [6.45, 7) is 2.42. The summed E-state index contributed by atoms with van der Waals surface area (Å²) in [7, 11) is 0. The lowest BCUT2D eigenvalue weighted by Crippen LogP contribution is -1.99. The summed E-state index contributed by atoms with van der Waals surface area (Å²) in [5, 5.41) is 12.9. The summed E-state index contributed by atoms with van der Waals surface area (Å²) in [5.41, 5.74) is 10.6. The minimum Gasteiger partial charge on any atom is -0.488 e. The molecule has 7 heteroatoms. The summed E-state index contributed by atoms with van der Waals surface area (Å²) >= 11 is 7.49. The normalized spacial score (nSPS) is 10.9. The molecule has 0 aliphatic carbocycles. The predicted molar refractivity (Wildman–Crippen MR) is 112 cm³/mol. The molecule has 0 amide bonds. The Morgan fingerprint density at radius 2 is 1.93 bits per heavy atom. The fourth-order valence-corrected chi connectivity index (χ4v) is 3.57. The lowest BCUT2D eigenvalue weighted by atomic mass is 10.1. The van der Waals surface area contributed by atoms with Gasteiger partial charge in [-0.05, 0) is 47.7 Å². The van der Waals surface area contributed by atoms with Gasteiger partial charge < -0.3 is 14.9 Å². The largest absolute Gasteiger partial charge is 0.488 e. The predicted octanol–water partition coefficient (Wildman–Crippen LogP) is 5.51. The third-order valence-corrected chi connectivity index (χ3v) is 5.39. The van der Waals surface area contributed by atoms with E-state index in [2.05, 4.69) is 10.2 Å². The van der Waals surface area contributed by atoms with Gasteiger partial charge in [0.2, 0.25) is 11.8 Å². The van der Waals surface area contributed by atoms with Gasteiger partial charge in [-0.3, -0.25) is 0 Å². The molecule has 0 saturated heterocycles. The second kappa shape index (κ2) is 8.04. The highest BCUT2D eigenvalue weighted by Crippen LogP contribution is 2.28. The van der Waals surface area contributed by atoms with Gasteiger partial charge in [-0.25, -0.2) is 0 Å². The minimum atomic E-state index is 0.422. The zero-order valence-electron chi connectivity index (χ0n) is 15.2. The van der Waals surface area contributed by atoms with Crippen molar-refractivity contribution in [2.45, 2.75) is 20.0 Å². The number of nitrogen functional groups attached to an aromatic ring is 1. The maximum Gasteiger partial charge on any atom is 0.247 e. The highest BCUT2D eigenvalue weighted by Gasteiger charge is 2.12. The van der Waals surface area contributed by atoms with Crippen LogP contribution >= 0.6 is 22.9 Å². The van der Waals surface area contributed by atoms with E-state index in [4.69, 9.17) is 26.5 Å². The van der Waals surface area contributed by atoms with E-state index in [1.54, 1.807) is 11.3 Å². The Morgan fingerprint density at radius 1 is 1.11 bits per heavy atom. The number of nitrogens with zero attached hydrogens (tertiary/aromatic N) is 2. The van der Waals surface area contributed by atoms with E-state index in [9.17, 15) is 0 Å². The average Bonchev–Trinajstić information content (AvgIpc) is 3.32. The maximum atomic E-state index is 5.96. The van der Waals surface area contributed by atoms with E-state index < -0.39 is 0 Å². The Morgan fingerprint density at radius 3 is 2.68 bits per heavy atom. The Hall–Kier alpha value is -2.83. The first-order valence-electron chi connectivity index (χ1n) is 8.69. The fourth-order valence-electron chi connectivity index (χ4n) is 2.71. The SMILES string of the molecule is Cc1ccc(-c2nnc(Cc3ccc(Cl)cc3)o2)cc1OCc1cscc1N. The lowest BCUT2D eigenvalue weighted by molar-refractivity contribution is 0.305. The Kier molecular flexibility index (Phi) is 5.32. The van der Waals surface area contributed by atoms with Gasteiger partial charge in [0.15, 0.2) is 0 Å². The molecule has 5 nitrogen and oxygen atoms in total. The third kappa shape index (κ3) is 4.18. The van der Waals surface area contributed by atoms with Crippen LogP contribution in [0, 0.1) is 6.92 Å². The third-order valence-electron chi connectivity index (χ3n) is 4.33. The molecule has 0 saturated carbocycles. The molecule has 0 aliphatic heterocycles. The van der Waals surface area contributed by atoms with Gasteiger partial charge in [-0.2, -0.15) is 0 Å². The molecule has 142 valence electrons. The Labute approximate surface area is 171 Å². The summed E-state index contributed by atoms with van der Waals surface area (Å²) in [6.07, 6.45) is 0.552. The standard InChI is InChI=1S/C21H18ClN3O2S/c1-13-2-5-15(9-19(13)26-10-16-11-28-12-18(16)23)21-25-24-20(27-21)8-14-3-6-17(22)7-4-14/h2-7,9,11-12H,8,10,23H2,1H3. The van der Waals surface area contributed by atoms with E-state index >= 15 is 0 Å². The molecule has 4 rings (SSSR count). The first-order chi connectivity index (χ1) is 13.6. The second-order valence-corrected chi connectivity index (χ2v) is 7.61. The van der Waals surface area contributed by atoms with Crippen LogP contribution in [-0.2, 0) is 13.0 Å². The molecule has 0 bridgehead atoms. The highest BCUT2D eigenvalue weighted by atomic mass is 35.5. The van der Waals surface area contributed by atoms with Crippen LogP contribution in [0.25, 0.3) is 11.5 Å². The van der Waals surface area contributed by atoms with Gasteiger partial charge in [0.1, 0.15) is 12.4 Å². The van der Waals surface area contributed by atoms with Gasteiger partial charge in [-0.1, -0.05) is 29.8 Å². The first-order valence-corrected chi connectivity index (χ1v) is 10.0. The molecular formula is C21H18ClN3O2S. The zero-order chi connectivity index (χ0) is 19.5. The van der Waals surface area contributed by atoms with Gasteiger partial charge in [0.25, 0.3) is 0 Å². The van der Waals surface area contributed by atoms with Crippen LogP contribution in [-0.4, -0.2) is 10.2 Å². The molecule has 28 heavy (non-hydrogen) atoms. The van der Waals surface area contributed by atoms with Crippen molar-refractivity contribution >= 4 is 28.6 Å². The number of ether oxygens (including phenoxy) is 1. The molecule has 0 fully saturated rings. The molecule has 0 spiro atoms. The van der Waals surface area contributed by atoms with Gasteiger partial charge >= 0.3 is 0 Å². The number of thiophene rings is 1.